The van der Waals surface area contributed by atoms with Crippen LogP contribution in [-0.4, -0.2) is 25.0 Å². The molecule has 0 aliphatic rings. The van der Waals surface area contributed by atoms with Crippen LogP contribution in [0.4, 0.5) is 15.9 Å². The van der Waals surface area contributed by atoms with Crippen LogP contribution >= 0.6 is 15.9 Å². The zero-order chi connectivity index (χ0) is 17.2. The van der Waals surface area contributed by atoms with E-state index in [-0.39, 0.29) is 5.82 Å². The summed E-state index contributed by atoms with van der Waals surface area (Å²) in [6.07, 6.45) is 1.47. The van der Waals surface area contributed by atoms with E-state index < -0.39 is 0 Å². The topological polar surface area (TPSA) is 68.5 Å². The molecule has 2 aromatic heterocycles. The number of halogens is 2. The van der Waals surface area contributed by atoms with Crippen LogP contribution in [0.5, 0.6) is 0 Å². The lowest BCUT2D eigenvalue weighted by molar-refractivity contribution is 0.623. The number of aromatic nitrogens is 5. The van der Waals surface area contributed by atoms with E-state index in [1.807, 2.05) is 24.3 Å². The lowest BCUT2D eigenvalue weighted by Gasteiger charge is -2.06. The van der Waals surface area contributed by atoms with Gasteiger partial charge in [-0.25, -0.2) is 19.0 Å². The van der Waals surface area contributed by atoms with Crippen LogP contribution in [0.1, 0.15) is 5.56 Å². The standard InChI is InChI=1S/C17H12BrFN6/c18-12-3-7-14(8-4-12)22-16-15-17(21-10-20-16)25(24-23-15)9-11-1-5-13(19)6-2-11/h1-8,10H,9H2,(H,20,21,22). The van der Waals surface area contributed by atoms with Gasteiger partial charge in [0.25, 0.3) is 0 Å². The lowest BCUT2D eigenvalue weighted by Crippen LogP contribution is -2.03. The Labute approximate surface area is 150 Å². The van der Waals surface area contributed by atoms with Gasteiger partial charge in [-0.15, -0.1) is 5.10 Å². The molecule has 0 saturated heterocycles. The third-order valence-electron chi connectivity index (χ3n) is 3.65. The molecule has 0 aliphatic heterocycles. The van der Waals surface area contributed by atoms with Gasteiger partial charge in [0.15, 0.2) is 17.0 Å². The molecule has 0 atom stereocenters. The molecule has 4 rings (SSSR count). The Morgan fingerprint density at radius 3 is 2.52 bits per heavy atom. The average molecular weight is 399 g/mol. The second-order valence-electron chi connectivity index (χ2n) is 5.40. The summed E-state index contributed by atoms with van der Waals surface area (Å²) >= 11 is 3.41. The van der Waals surface area contributed by atoms with Crippen LogP contribution in [-0.2, 0) is 6.54 Å². The quantitative estimate of drug-likeness (QED) is 0.564. The maximum Gasteiger partial charge on any atom is 0.184 e. The highest BCUT2D eigenvalue weighted by atomic mass is 79.9. The Morgan fingerprint density at radius 2 is 1.76 bits per heavy atom. The summed E-state index contributed by atoms with van der Waals surface area (Å²) in [4.78, 5) is 8.53. The van der Waals surface area contributed by atoms with Gasteiger partial charge in [0, 0.05) is 10.2 Å². The van der Waals surface area contributed by atoms with Gasteiger partial charge in [0.2, 0.25) is 0 Å². The normalized spacial score (nSPS) is 11.0. The van der Waals surface area contributed by atoms with Crippen LogP contribution in [0.25, 0.3) is 11.2 Å². The number of hydrogen-bond donors (Lipinski definition) is 1. The second-order valence-corrected chi connectivity index (χ2v) is 6.32. The summed E-state index contributed by atoms with van der Waals surface area (Å²) in [5, 5.41) is 11.6. The summed E-state index contributed by atoms with van der Waals surface area (Å²) in [7, 11) is 0. The first-order valence-corrected chi connectivity index (χ1v) is 8.29. The highest BCUT2D eigenvalue weighted by molar-refractivity contribution is 9.10. The van der Waals surface area contributed by atoms with Crippen molar-refractivity contribution >= 4 is 38.6 Å². The fourth-order valence-corrected chi connectivity index (χ4v) is 2.69. The van der Waals surface area contributed by atoms with E-state index in [4.69, 9.17) is 0 Å². The van der Waals surface area contributed by atoms with Crippen molar-refractivity contribution in [2.45, 2.75) is 6.54 Å². The summed E-state index contributed by atoms with van der Waals surface area (Å²) in [6, 6.07) is 14.0. The lowest BCUT2D eigenvalue weighted by atomic mass is 10.2. The first kappa shape index (κ1) is 15.6. The fourth-order valence-electron chi connectivity index (χ4n) is 2.42. The highest BCUT2D eigenvalue weighted by Gasteiger charge is 2.12. The third kappa shape index (κ3) is 3.34. The molecular weight excluding hydrogens is 387 g/mol. The van der Waals surface area contributed by atoms with Crippen molar-refractivity contribution in [3.05, 3.63) is 70.7 Å². The van der Waals surface area contributed by atoms with E-state index in [1.54, 1.807) is 16.8 Å². The molecule has 6 nitrogen and oxygen atoms in total. The van der Waals surface area contributed by atoms with Crippen molar-refractivity contribution in [3.63, 3.8) is 0 Å². The van der Waals surface area contributed by atoms with Crippen molar-refractivity contribution in [2.75, 3.05) is 5.32 Å². The monoisotopic (exact) mass is 398 g/mol. The molecule has 0 spiro atoms. The Hall–Kier alpha value is -2.87. The highest BCUT2D eigenvalue weighted by Crippen LogP contribution is 2.22. The average Bonchev–Trinajstić information content (AvgIpc) is 3.03. The largest absolute Gasteiger partial charge is 0.338 e. The van der Waals surface area contributed by atoms with Crippen molar-refractivity contribution in [1.29, 1.82) is 0 Å². The molecule has 2 heterocycles. The molecule has 0 amide bonds. The van der Waals surface area contributed by atoms with Crippen LogP contribution in [0, 0.1) is 5.82 Å². The SMILES string of the molecule is Fc1ccc(Cn2nnc3c(Nc4ccc(Br)cc4)ncnc32)cc1. The van der Waals surface area contributed by atoms with Gasteiger partial charge < -0.3 is 5.32 Å². The number of hydrogen-bond acceptors (Lipinski definition) is 5. The molecule has 0 saturated carbocycles. The molecule has 8 heteroatoms. The number of fused-ring (bicyclic) bond motifs is 1. The van der Waals surface area contributed by atoms with Gasteiger partial charge in [0.1, 0.15) is 12.1 Å². The molecule has 0 bridgehead atoms. The predicted molar refractivity (Wildman–Crippen MR) is 96.0 cm³/mol. The number of anilines is 2. The minimum absolute atomic E-state index is 0.268. The maximum absolute atomic E-state index is 13.0. The van der Waals surface area contributed by atoms with Crippen molar-refractivity contribution in [3.8, 4) is 0 Å². The first-order valence-electron chi connectivity index (χ1n) is 7.50. The smallest absolute Gasteiger partial charge is 0.184 e. The van der Waals surface area contributed by atoms with Crippen molar-refractivity contribution < 1.29 is 4.39 Å². The molecule has 124 valence electrons. The van der Waals surface area contributed by atoms with E-state index in [1.165, 1.54) is 18.5 Å². The molecule has 0 unspecified atom stereocenters. The van der Waals surface area contributed by atoms with Crippen LogP contribution in [0.15, 0.2) is 59.3 Å². The molecule has 0 fully saturated rings. The van der Waals surface area contributed by atoms with Crippen LogP contribution in [0.3, 0.4) is 0 Å². The van der Waals surface area contributed by atoms with E-state index in [0.717, 1.165) is 15.7 Å². The summed E-state index contributed by atoms with van der Waals surface area (Å²) < 4.78 is 15.7. The van der Waals surface area contributed by atoms with Crippen LogP contribution in [0.2, 0.25) is 0 Å². The van der Waals surface area contributed by atoms with E-state index in [0.29, 0.717) is 23.5 Å². The Bertz CT molecular complexity index is 1010. The van der Waals surface area contributed by atoms with Gasteiger partial charge in [-0.2, -0.15) is 0 Å². The molecule has 1 N–H and O–H groups in total. The molecule has 0 aliphatic carbocycles. The Kier molecular flexibility index (Phi) is 4.10. The molecule has 25 heavy (non-hydrogen) atoms. The number of rotatable bonds is 4. The molecular formula is C17H12BrFN6. The second kappa shape index (κ2) is 6.56. The predicted octanol–water partition coefficient (Wildman–Crippen LogP) is 3.91. The van der Waals surface area contributed by atoms with Crippen molar-refractivity contribution in [2.24, 2.45) is 0 Å². The molecule has 2 aromatic carbocycles. The Balaban J connectivity index is 1.65. The summed E-state index contributed by atoms with van der Waals surface area (Å²) in [6.45, 7) is 0.450. The zero-order valence-corrected chi connectivity index (χ0v) is 14.5. The zero-order valence-electron chi connectivity index (χ0n) is 12.9. The van der Waals surface area contributed by atoms with Gasteiger partial charge in [-0.3, -0.25) is 0 Å². The molecule has 0 radical (unpaired) electrons. The minimum Gasteiger partial charge on any atom is -0.338 e. The minimum atomic E-state index is -0.268. The van der Waals surface area contributed by atoms with Gasteiger partial charge in [-0.1, -0.05) is 33.3 Å². The first-order chi connectivity index (χ1) is 12.2. The number of benzene rings is 2. The van der Waals surface area contributed by atoms with E-state index >= 15 is 0 Å². The fraction of sp³-hybridized carbons (Fsp3) is 0.0588. The Morgan fingerprint density at radius 1 is 1.00 bits per heavy atom. The van der Waals surface area contributed by atoms with E-state index in [9.17, 15) is 4.39 Å². The third-order valence-corrected chi connectivity index (χ3v) is 4.18. The number of nitrogens with zero attached hydrogens (tertiary/aromatic N) is 5. The van der Waals surface area contributed by atoms with E-state index in [2.05, 4.69) is 41.5 Å². The summed E-state index contributed by atoms with van der Waals surface area (Å²) in [5.41, 5.74) is 2.98. The van der Waals surface area contributed by atoms with Gasteiger partial charge >= 0.3 is 0 Å². The van der Waals surface area contributed by atoms with Gasteiger partial charge in [0.05, 0.1) is 6.54 Å². The van der Waals surface area contributed by atoms with Crippen molar-refractivity contribution in [1.82, 2.24) is 25.0 Å². The summed E-state index contributed by atoms with van der Waals surface area (Å²) in [5.74, 6) is 0.313. The van der Waals surface area contributed by atoms with Gasteiger partial charge in [-0.05, 0) is 42.0 Å². The number of nitrogens with one attached hydrogen (secondary N) is 1. The van der Waals surface area contributed by atoms with Crippen LogP contribution < -0.4 is 5.32 Å². The molecule has 4 aromatic rings. The maximum atomic E-state index is 13.0.